The summed E-state index contributed by atoms with van der Waals surface area (Å²) < 4.78 is 24.4. The van der Waals surface area contributed by atoms with Crippen molar-refractivity contribution in [2.45, 2.75) is 13.2 Å². The highest BCUT2D eigenvalue weighted by Gasteiger charge is 2.17. The fourth-order valence-electron chi connectivity index (χ4n) is 3.10. The minimum atomic E-state index is -0.386. The maximum atomic E-state index is 13.8. The summed E-state index contributed by atoms with van der Waals surface area (Å²) in [6, 6.07) is 11.5. The van der Waals surface area contributed by atoms with E-state index >= 15 is 0 Å². The number of hydrogen-bond acceptors (Lipinski definition) is 5. The molecule has 3 rings (SSSR count). The Morgan fingerprint density at radius 3 is 2.46 bits per heavy atom. The van der Waals surface area contributed by atoms with Gasteiger partial charge in [0.2, 0.25) is 6.41 Å². The van der Waals surface area contributed by atoms with E-state index in [1.807, 2.05) is 0 Å². The molecule has 1 amide bonds. The molecule has 7 heteroatoms. The fraction of sp³-hybridized carbons (Fsp3) is 0.333. The molecular formula is C21H23FN2O4. The number of carbonyl (C=O) groups excluding carboxylic acids is 2. The minimum Gasteiger partial charge on any atom is -0.489 e. The van der Waals surface area contributed by atoms with Crippen LogP contribution in [0.1, 0.15) is 21.5 Å². The van der Waals surface area contributed by atoms with Crippen molar-refractivity contribution in [1.29, 1.82) is 0 Å². The van der Waals surface area contributed by atoms with E-state index in [-0.39, 0.29) is 11.8 Å². The Balaban J connectivity index is 1.64. The highest BCUT2D eigenvalue weighted by Crippen LogP contribution is 2.23. The lowest BCUT2D eigenvalue weighted by Crippen LogP contribution is -2.45. The first-order chi connectivity index (χ1) is 13.6. The molecule has 0 aromatic heterocycles. The summed E-state index contributed by atoms with van der Waals surface area (Å²) in [6.07, 6.45) is 0.861. The number of piperazine rings is 1. The van der Waals surface area contributed by atoms with Gasteiger partial charge in [-0.3, -0.25) is 9.69 Å². The number of halogens is 1. The predicted molar refractivity (Wildman–Crippen MR) is 101 cm³/mol. The largest absolute Gasteiger partial charge is 0.489 e. The highest BCUT2D eigenvalue weighted by atomic mass is 19.1. The Labute approximate surface area is 163 Å². The van der Waals surface area contributed by atoms with Crippen molar-refractivity contribution in [2.75, 3.05) is 33.3 Å². The maximum absolute atomic E-state index is 13.8. The topological polar surface area (TPSA) is 59.1 Å². The third-order valence-corrected chi connectivity index (χ3v) is 4.74. The van der Waals surface area contributed by atoms with Crippen LogP contribution in [0, 0.1) is 5.82 Å². The summed E-state index contributed by atoms with van der Waals surface area (Å²) >= 11 is 0. The van der Waals surface area contributed by atoms with Crippen molar-refractivity contribution in [1.82, 2.24) is 9.80 Å². The van der Waals surface area contributed by atoms with Gasteiger partial charge in [0.15, 0.2) is 0 Å². The van der Waals surface area contributed by atoms with Gasteiger partial charge >= 0.3 is 5.97 Å². The minimum absolute atomic E-state index is 0.305. The first-order valence-corrected chi connectivity index (χ1v) is 9.09. The normalized spacial score (nSPS) is 14.6. The quantitative estimate of drug-likeness (QED) is 0.541. The molecule has 1 aliphatic heterocycles. The Morgan fingerprint density at radius 1 is 1.11 bits per heavy atom. The van der Waals surface area contributed by atoms with E-state index in [0.29, 0.717) is 37.6 Å². The van der Waals surface area contributed by atoms with Crippen LogP contribution in [0.5, 0.6) is 5.75 Å². The number of amides is 1. The van der Waals surface area contributed by atoms with E-state index in [0.717, 1.165) is 30.6 Å². The highest BCUT2D eigenvalue weighted by molar-refractivity contribution is 5.89. The standard InChI is InChI=1S/C21H23FN2O4/c1-27-21(26)17-4-2-16(3-5-17)14-28-20-7-6-19(22)12-18(20)13-23-8-10-24(15-25)11-9-23/h2-7,12,15H,8-11,13-14H2,1H3. The van der Waals surface area contributed by atoms with Crippen molar-refractivity contribution < 1.29 is 23.5 Å². The molecule has 1 saturated heterocycles. The van der Waals surface area contributed by atoms with Gasteiger partial charge in [-0.05, 0) is 35.9 Å². The number of carbonyl (C=O) groups is 2. The summed E-state index contributed by atoms with van der Waals surface area (Å²) in [5.41, 5.74) is 2.14. The van der Waals surface area contributed by atoms with Gasteiger partial charge < -0.3 is 14.4 Å². The van der Waals surface area contributed by atoms with Gasteiger partial charge in [0.05, 0.1) is 12.7 Å². The molecule has 1 fully saturated rings. The van der Waals surface area contributed by atoms with Gasteiger partial charge in [-0.1, -0.05) is 12.1 Å². The van der Waals surface area contributed by atoms with Gasteiger partial charge in [-0.15, -0.1) is 0 Å². The molecule has 28 heavy (non-hydrogen) atoms. The molecule has 1 heterocycles. The predicted octanol–water partition coefficient (Wildman–Crippen LogP) is 2.47. The lowest BCUT2D eigenvalue weighted by atomic mass is 10.1. The van der Waals surface area contributed by atoms with Crippen LogP contribution in [0.2, 0.25) is 0 Å². The van der Waals surface area contributed by atoms with Crippen molar-refractivity contribution in [2.24, 2.45) is 0 Å². The lowest BCUT2D eigenvalue weighted by molar-refractivity contribution is -0.119. The Morgan fingerprint density at radius 2 is 1.82 bits per heavy atom. The van der Waals surface area contributed by atoms with E-state index in [2.05, 4.69) is 9.64 Å². The van der Waals surface area contributed by atoms with Gasteiger partial charge in [-0.2, -0.15) is 0 Å². The first kappa shape index (κ1) is 19.8. The van der Waals surface area contributed by atoms with Gasteiger partial charge in [0.25, 0.3) is 0 Å². The zero-order chi connectivity index (χ0) is 19.9. The number of methoxy groups -OCH3 is 1. The molecular weight excluding hydrogens is 363 g/mol. The molecule has 0 bridgehead atoms. The number of hydrogen-bond donors (Lipinski definition) is 0. The number of ether oxygens (including phenoxy) is 2. The molecule has 1 aliphatic rings. The van der Waals surface area contributed by atoms with Crippen LogP contribution in [-0.2, 0) is 22.7 Å². The van der Waals surface area contributed by atoms with E-state index < -0.39 is 0 Å². The van der Waals surface area contributed by atoms with Gasteiger partial charge in [0, 0.05) is 38.3 Å². The van der Waals surface area contributed by atoms with Crippen molar-refractivity contribution >= 4 is 12.4 Å². The lowest BCUT2D eigenvalue weighted by Gasteiger charge is -2.32. The summed E-state index contributed by atoms with van der Waals surface area (Å²) in [7, 11) is 1.34. The Hall–Kier alpha value is -2.93. The second-order valence-electron chi connectivity index (χ2n) is 6.65. The van der Waals surface area contributed by atoms with E-state index in [9.17, 15) is 14.0 Å². The molecule has 2 aromatic rings. The third-order valence-electron chi connectivity index (χ3n) is 4.74. The molecule has 2 aromatic carbocycles. The van der Waals surface area contributed by atoms with Crippen LogP contribution < -0.4 is 4.74 Å². The smallest absolute Gasteiger partial charge is 0.337 e. The second kappa shape index (κ2) is 9.32. The molecule has 148 valence electrons. The summed E-state index contributed by atoms with van der Waals surface area (Å²) in [5.74, 6) is -0.0736. The molecule has 0 unspecified atom stereocenters. The van der Waals surface area contributed by atoms with E-state index in [1.165, 1.54) is 19.2 Å². The van der Waals surface area contributed by atoms with Crippen LogP contribution in [0.25, 0.3) is 0 Å². The number of rotatable bonds is 7. The van der Waals surface area contributed by atoms with Crippen molar-refractivity contribution in [3.05, 3.63) is 65.0 Å². The molecule has 0 N–H and O–H groups in total. The first-order valence-electron chi connectivity index (χ1n) is 9.09. The SMILES string of the molecule is COC(=O)c1ccc(COc2ccc(F)cc2CN2CCN(C=O)CC2)cc1. The maximum Gasteiger partial charge on any atom is 0.337 e. The molecule has 0 aliphatic carbocycles. The monoisotopic (exact) mass is 386 g/mol. The average Bonchev–Trinajstić information content (AvgIpc) is 2.73. The third kappa shape index (κ3) is 5.07. The molecule has 0 saturated carbocycles. The second-order valence-corrected chi connectivity index (χ2v) is 6.65. The van der Waals surface area contributed by atoms with Crippen molar-refractivity contribution in [3.8, 4) is 5.75 Å². The Kier molecular flexibility index (Phi) is 6.60. The Bertz CT molecular complexity index is 818. The summed E-state index contributed by atoms with van der Waals surface area (Å²) in [5, 5.41) is 0. The molecule has 0 radical (unpaired) electrons. The average molecular weight is 386 g/mol. The zero-order valence-electron chi connectivity index (χ0n) is 15.8. The zero-order valence-corrected chi connectivity index (χ0v) is 15.8. The number of esters is 1. The fourth-order valence-corrected chi connectivity index (χ4v) is 3.10. The van der Waals surface area contributed by atoms with Crippen LogP contribution >= 0.6 is 0 Å². The number of nitrogens with zero attached hydrogens (tertiary/aromatic N) is 2. The summed E-state index contributed by atoms with van der Waals surface area (Å²) in [4.78, 5) is 26.2. The van der Waals surface area contributed by atoms with E-state index in [4.69, 9.17) is 4.74 Å². The van der Waals surface area contributed by atoms with Gasteiger partial charge in [-0.25, -0.2) is 9.18 Å². The molecule has 0 spiro atoms. The van der Waals surface area contributed by atoms with Crippen LogP contribution in [0.15, 0.2) is 42.5 Å². The number of benzene rings is 2. The molecule has 0 atom stereocenters. The van der Waals surface area contributed by atoms with Gasteiger partial charge in [0.1, 0.15) is 18.2 Å². The van der Waals surface area contributed by atoms with Crippen LogP contribution in [0.4, 0.5) is 4.39 Å². The molecule has 6 nitrogen and oxygen atoms in total. The summed E-state index contributed by atoms with van der Waals surface area (Å²) in [6.45, 7) is 3.68. The van der Waals surface area contributed by atoms with Crippen LogP contribution in [0.3, 0.4) is 0 Å². The van der Waals surface area contributed by atoms with Crippen molar-refractivity contribution in [3.63, 3.8) is 0 Å². The van der Waals surface area contributed by atoms with E-state index in [1.54, 1.807) is 35.2 Å². The van der Waals surface area contributed by atoms with Crippen LogP contribution in [-0.4, -0.2) is 55.5 Å².